The van der Waals surface area contributed by atoms with Gasteiger partial charge in [0.15, 0.2) is 0 Å². The van der Waals surface area contributed by atoms with E-state index in [1.807, 2.05) is 36.4 Å². The second-order valence-electron chi connectivity index (χ2n) is 4.51. The lowest BCUT2D eigenvalue weighted by molar-refractivity contribution is 0.137. The maximum absolute atomic E-state index is 11.8. The quantitative estimate of drug-likeness (QED) is 0.919. The number of hydrogen-bond acceptors (Lipinski definition) is 4. The van der Waals surface area contributed by atoms with Gasteiger partial charge in [-0.3, -0.25) is 0 Å². The molecule has 0 aliphatic carbocycles. The molecular formula is C17H16N2O3. The van der Waals surface area contributed by atoms with Crippen LogP contribution in [0.3, 0.4) is 0 Å². The summed E-state index contributed by atoms with van der Waals surface area (Å²) >= 11 is 0. The molecule has 1 unspecified atom stereocenters. The Balaban J connectivity index is 1.98. The van der Waals surface area contributed by atoms with E-state index >= 15 is 0 Å². The number of amides is 1. The second-order valence-corrected chi connectivity index (χ2v) is 4.51. The molecule has 0 bridgehead atoms. The summed E-state index contributed by atoms with van der Waals surface area (Å²) in [7, 11) is 1.51. The van der Waals surface area contributed by atoms with Gasteiger partial charge in [0.1, 0.15) is 18.4 Å². The standard InChI is InChI=1S/C17H16N2O3/c1-21-16-10-6-5-9-14(16)15(11-18)19-17(20)22-12-13-7-3-2-4-8-13/h2-10,15H,12H2,1H3,(H,19,20). The molecule has 0 aliphatic rings. The van der Waals surface area contributed by atoms with E-state index in [1.165, 1.54) is 7.11 Å². The first-order valence-electron chi connectivity index (χ1n) is 6.74. The van der Waals surface area contributed by atoms with Crippen LogP contribution in [0.15, 0.2) is 54.6 Å². The minimum Gasteiger partial charge on any atom is -0.496 e. The Bertz CT molecular complexity index is 665. The van der Waals surface area contributed by atoms with Crippen molar-refractivity contribution >= 4 is 6.09 Å². The summed E-state index contributed by atoms with van der Waals surface area (Å²) in [6.45, 7) is 0.150. The fraction of sp³-hybridized carbons (Fsp3) is 0.176. The number of nitrogens with one attached hydrogen (secondary N) is 1. The highest BCUT2D eigenvalue weighted by molar-refractivity contribution is 5.68. The van der Waals surface area contributed by atoms with Crippen LogP contribution < -0.4 is 10.1 Å². The third kappa shape index (κ3) is 4.00. The number of rotatable bonds is 5. The first kappa shape index (κ1) is 15.4. The zero-order chi connectivity index (χ0) is 15.8. The van der Waals surface area contributed by atoms with Gasteiger partial charge in [-0.05, 0) is 11.6 Å². The normalized spacial score (nSPS) is 11.1. The molecular weight excluding hydrogens is 280 g/mol. The van der Waals surface area contributed by atoms with Gasteiger partial charge in [-0.25, -0.2) is 4.79 Å². The molecule has 2 aromatic rings. The van der Waals surface area contributed by atoms with Gasteiger partial charge in [0.2, 0.25) is 0 Å². The number of nitrogens with zero attached hydrogens (tertiary/aromatic N) is 1. The van der Waals surface area contributed by atoms with Crippen molar-refractivity contribution in [2.45, 2.75) is 12.6 Å². The van der Waals surface area contributed by atoms with Crippen LogP contribution in [0.2, 0.25) is 0 Å². The van der Waals surface area contributed by atoms with Crippen molar-refractivity contribution in [3.8, 4) is 11.8 Å². The van der Waals surface area contributed by atoms with E-state index < -0.39 is 12.1 Å². The van der Waals surface area contributed by atoms with Crippen LogP contribution in [-0.4, -0.2) is 13.2 Å². The average Bonchev–Trinajstić information content (AvgIpc) is 2.58. The Labute approximate surface area is 129 Å². The molecule has 0 aliphatic heterocycles. The van der Waals surface area contributed by atoms with Crippen molar-refractivity contribution in [3.63, 3.8) is 0 Å². The Morgan fingerprint density at radius 2 is 1.86 bits per heavy atom. The van der Waals surface area contributed by atoms with E-state index in [0.29, 0.717) is 11.3 Å². The molecule has 112 valence electrons. The molecule has 5 heteroatoms. The Hall–Kier alpha value is -3.00. The Morgan fingerprint density at radius 3 is 2.55 bits per heavy atom. The van der Waals surface area contributed by atoms with Crippen LogP contribution >= 0.6 is 0 Å². The summed E-state index contributed by atoms with van der Waals surface area (Å²) in [5.41, 5.74) is 1.47. The maximum atomic E-state index is 11.8. The molecule has 0 saturated heterocycles. The SMILES string of the molecule is COc1ccccc1C(C#N)NC(=O)OCc1ccccc1. The predicted octanol–water partition coefficient (Wildman–Crippen LogP) is 3.19. The largest absolute Gasteiger partial charge is 0.496 e. The van der Waals surface area contributed by atoms with Crippen LogP contribution in [0.5, 0.6) is 5.75 Å². The van der Waals surface area contributed by atoms with Crippen LogP contribution in [0.25, 0.3) is 0 Å². The van der Waals surface area contributed by atoms with Crippen molar-refractivity contribution < 1.29 is 14.3 Å². The molecule has 1 atom stereocenters. The number of carbonyl (C=O) groups excluding carboxylic acids is 1. The van der Waals surface area contributed by atoms with E-state index in [4.69, 9.17) is 9.47 Å². The van der Waals surface area contributed by atoms with Gasteiger partial charge in [-0.15, -0.1) is 0 Å². The molecule has 0 radical (unpaired) electrons. The van der Waals surface area contributed by atoms with Gasteiger partial charge in [0.25, 0.3) is 0 Å². The fourth-order valence-corrected chi connectivity index (χ4v) is 1.97. The minimum absolute atomic E-state index is 0.150. The number of hydrogen-bond donors (Lipinski definition) is 1. The summed E-state index contributed by atoms with van der Waals surface area (Å²) in [4.78, 5) is 11.8. The third-order valence-corrected chi connectivity index (χ3v) is 3.05. The summed E-state index contributed by atoms with van der Waals surface area (Å²) in [5.74, 6) is 0.539. The molecule has 1 amide bonds. The summed E-state index contributed by atoms with van der Waals surface area (Å²) in [6.07, 6.45) is -0.652. The number of nitriles is 1. The molecule has 0 saturated carbocycles. The number of carbonyl (C=O) groups is 1. The maximum Gasteiger partial charge on any atom is 0.408 e. The fourth-order valence-electron chi connectivity index (χ4n) is 1.97. The van der Waals surface area contributed by atoms with Crippen molar-refractivity contribution in [2.75, 3.05) is 7.11 Å². The third-order valence-electron chi connectivity index (χ3n) is 3.05. The van der Waals surface area contributed by atoms with E-state index in [2.05, 4.69) is 5.32 Å². The van der Waals surface area contributed by atoms with E-state index in [-0.39, 0.29) is 6.61 Å². The van der Waals surface area contributed by atoms with Crippen LogP contribution in [0.4, 0.5) is 4.79 Å². The van der Waals surface area contributed by atoms with E-state index in [0.717, 1.165) is 5.56 Å². The molecule has 22 heavy (non-hydrogen) atoms. The predicted molar refractivity (Wildman–Crippen MR) is 81.1 cm³/mol. The lowest BCUT2D eigenvalue weighted by atomic mass is 10.1. The zero-order valence-corrected chi connectivity index (χ0v) is 12.2. The average molecular weight is 296 g/mol. The highest BCUT2D eigenvalue weighted by atomic mass is 16.5. The minimum atomic E-state index is -0.834. The lowest BCUT2D eigenvalue weighted by Crippen LogP contribution is -2.28. The molecule has 2 rings (SSSR count). The van der Waals surface area contributed by atoms with Gasteiger partial charge in [0.05, 0.1) is 13.2 Å². The van der Waals surface area contributed by atoms with Crippen molar-refractivity contribution in [1.82, 2.24) is 5.32 Å². The smallest absolute Gasteiger partial charge is 0.408 e. The first-order valence-corrected chi connectivity index (χ1v) is 6.74. The highest BCUT2D eigenvalue weighted by Gasteiger charge is 2.18. The molecule has 5 nitrogen and oxygen atoms in total. The number of para-hydroxylation sites is 1. The van der Waals surface area contributed by atoms with Crippen LogP contribution in [-0.2, 0) is 11.3 Å². The molecule has 2 aromatic carbocycles. The molecule has 1 N–H and O–H groups in total. The first-order chi connectivity index (χ1) is 10.7. The number of alkyl carbamates (subject to hydrolysis) is 1. The number of benzene rings is 2. The van der Waals surface area contributed by atoms with Crippen molar-refractivity contribution in [1.29, 1.82) is 5.26 Å². The summed E-state index contributed by atoms with van der Waals surface area (Å²) in [6, 6.07) is 17.6. The van der Waals surface area contributed by atoms with Gasteiger partial charge in [-0.2, -0.15) is 5.26 Å². The monoisotopic (exact) mass is 296 g/mol. The second kappa shape index (κ2) is 7.70. The number of methoxy groups -OCH3 is 1. The van der Waals surface area contributed by atoms with Gasteiger partial charge < -0.3 is 14.8 Å². The molecule has 0 aromatic heterocycles. The summed E-state index contributed by atoms with van der Waals surface area (Å²) < 4.78 is 10.3. The van der Waals surface area contributed by atoms with Crippen LogP contribution in [0, 0.1) is 11.3 Å². The Kier molecular flexibility index (Phi) is 5.38. The van der Waals surface area contributed by atoms with Gasteiger partial charge in [-0.1, -0.05) is 48.5 Å². The van der Waals surface area contributed by atoms with Crippen molar-refractivity contribution in [2.24, 2.45) is 0 Å². The van der Waals surface area contributed by atoms with Gasteiger partial charge >= 0.3 is 6.09 Å². The molecule has 0 spiro atoms. The molecule has 0 heterocycles. The van der Waals surface area contributed by atoms with Gasteiger partial charge in [0, 0.05) is 5.56 Å². The van der Waals surface area contributed by atoms with Crippen molar-refractivity contribution in [3.05, 3.63) is 65.7 Å². The zero-order valence-electron chi connectivity index (χ0n) is 12.2. The summed E-state index contributed by atoms with van der Waals surface area (Å²) in [5, 5.41) is 11.8. The van der Waals surface area contributed by atoms with E-state index in [9.17, 15) is 10.1 Å². The molecule has 0 fully saturated rings. The Morgan fingerprint density at radius 1 is 1.18 bits per heavy atom. The number of ether oxygens (including phenoxy) is 2. The van der Waals surface area contributed by atoms with Crippen LogP contribution in [0.1, 0.15) is 17.2 Å². The van der Waals surface area contributed by atoms with E-state index in [1.54, 1.807) is 24.3 Å². The highest BCUT2D eigenvalue weighted by Crippen LogP contribution is 2.24. The topological polar surface area (TPSA) is 71.3 Å². The lowest BCUT2D eigenvalue weighted by Gasteiger charge is -2.15.